The number of nitrogens with zero attached hydrogens (tertiary/aromatic N) is 2. The van der Waals surface area contributed by atoms with Gasteiger partial charge in [-0.25, -0.2) is 4.79 Å². The molecule has 0 saturated carbocycles. The molecule has 0 bridgehead atoms. The smallest absolute Gasteiger partial charge is 0.410 e. The third-order valence-corrected chi connectivity index (χ3v) is 3.67. The topological polar surface area (TPSA) is 76.2 Å². The molecule has 0 atom stereocenters. The molecule has 7 heteroatoms. The molecule has 0 aromatic heterocycles. The third-order valence-electron chi connectivity index (χ3n) is 3.67. The second-order valence-electron chi connectivity index (χ2n) is 5.40. The van der Waals surface area contributed by atoms with Crippen molar-refractivity contribution >= 4 is 18.0 Å². The zero-order valence-corrected chi connectivity index (χ0v) is 13.8. The SMILES string of the molecule is CCOC(=O)CCN1CCN(C(=O)OCc2ccccc2)CC1=O. The molecule has 1 aromatic carbocycles. The lowest BCUT2D eigenvalue weighted by Gasteiger charge is -2.33. The number of amides is 2. The first-order valence-corrected chi connectivity index (χ1v) is 7.99. The van der Waals surface area contributed by atoms with Gasteiger partial charge in [-0.1, -0.05) is 30.3 Å². The van der Waals surface area contributed by atoms with Crippen molar-refractivity contribution in [1.29, 1.82) is 0 Å². The number of rotatable bonds is 6. The Kier molecular flexibility index (Phi) is 6.60. The number of carbonyl (C=O) groups excluding carboxylic acids is 3. The highest BCUT2D eigenvalue weighted by atomic mass is 16.6. The predicted octanol–water partition coefficient (Wildman–Crippen LogP) is 1.42. The van der Waals surface area contributed by atoms with Crippen LogP contribution in [0.15, 0.2) is 30.3 Å². The van der Waals surface area contributed by atoms with Gasteiger partial charge in [0.15, 0.2) is 0 Å². The van der Waals surface area contributed by atoms with Gasteiger partial charge in [0.25, 0.3) is 0 Å². The largest absolute Gasteiger partial charge is 0.466 e. The molecule has 1 saturated heterocycles. The Morgan fingerprint density at radius 3 is 2.54 bits per heavy atom. The van der Waals surface area contributed by atoms with Crippen LogP contribution in [-0.2, 0) is 25.7 Å². The standard InChI is InChI=1S/C17H22N2O5/c1-2-23-16(21)8-9-18-10-11-19(12-15(18)20)17(22)24-13-14-6-4-3-5-7-14/h3-7H,2,8-13H2,1H3. The third kappa shape index (κ3) is 5.26. The van der Waals surface area contributed by atoms with E-state index in [9.17, 15) is 14.4 Å². The number of ether oxygens (including phenoxy) is 2. The Hall–Kier alpha value is -2.57. The summed E-state index contributed by atoms with van der Waals surface area (Å²) in [4.78, 5) is 38.4. The van der Waals surface area contributed by atoms with Gasteiger partial charge in [-0.05, 0) is 12.5 Å². The highest BCUT2D eigenvalue weighted by molar-refractivity contribution is 5.84. The van der Waals surface area contributed by atoms with Crippen molar-refractivity contribution < 1.29 is 23.9 Å². The average molecular weight is 334 g/mol. The lowest BCUT2D eigenvalue weighted by Crippen LogP contribution is -2.52. The molecule has 1 aliphatic rings. The van der Waals surface area contributed by atoms with Crippen LogP contribution in [0.5, 0.6) is 0 Å². The van der Waals surface area contributed by atoms with E-state index >= 15 is 0 Å². The highest BCUT2D eigenvalue weighted by Crippen LogP contribution is 2.08. The molecule has 7 nitrogen and oxygen atoms in total. The number of hydrogen-bond acceptors (Lipinski definition) is 5. The average Bonchev–Trinajstić information content (AvgIpc) is 2.59. The van der Waals surface area contributed by atoms with Crippen LogP contribution in [0.3, 0.4) is 0 Å². The summed E-state index contributed by atoms with van der Waals surface area (Å²) in [7, 11) is 0. The van der Waals surface area contributed by atoms with E-state index in [0.717, 1.165) is 5.56 Å². The summed E-state index contributed by atoms with van der Waals surface area (Å²) < 4.78 is 10.1. The van der Waals surface area contributed by atoms with Crippen LogP contribution < -0.4 is 0 Å². The molecule has 2 rings (SSSR count). The van der Waals surface area contributed by atoms with E-state index in [1.165, 1.54) is 4.90 Å². The maximum atomic E-state index is 12.1. The van der Waals surface area contributed by atoms with Gasteiger partial charge in [0.1, 0.15) is 13.2 Å². The summed E-state index contributed by atoms with van der Waals surface area (Å²) >= 11 is 0. The Morgan fingerprint density at radius 2 is 1.88 bits per heavy atom. The first-order valence-electron chi connectivity index (χ1n) is 7.99. The quantitative estimate of drug-likeness (QED) is 0.736. The summed E-state index contributed by atoms with van der Waals surface area (Å²) in [6.45, 7) is 3.30. The normalized spacial score (nSPS) is 14.5. The van der Waals surface area contributed by atoms with E-state index in [2.05, 4.69) is 0 Å². The zero-order valence-electron chi connectivity index (χ0n) is 13.8. The molecular weight excluding hydrogens is 312 g/mol. The molecule has 1 heterocycles. The highest BCUT2D eigenvalue weighted by Gasteiger charge is 2.28. The van der Waals surface area contributed by atoms with Crippen molar-refractivity contribution in [3.63, 3.8) is 0 Å². The van der Waals surface area contributed by atoms with Crippen LogP contribution in [0.4, 0.5) is 4.79 Å². The van der Waals surface area contributed by atoms with Crippen molar-refractivity contribution in [2.24, 2.45) is 0 Å². The van der Waals surface area contributed by atoms with E-state index in [-0.39, 0.29) is 31.4 Å². The van der Waals surface area contributed by atoms with E-state index in [1.807, 2.05) is 30.3 Å². The molecule has 24 heavy (non-hydrogen) atoms. The number of carbonyl (C=O) groups is 3. The number of benzene rings is 1. The van der Waals surface area contributed by atoms with Gasteiger partial charge in [-0.2, -0.15) is 0 Å². The molecule has 1 aromatic rings. The molecule has 1 fully saturated rings. The molecule has 0 spiro atoms. The molecule has 0 radical (unpaired) electrons. The van der Waals surface area contributed by atoms with Crippen LogP contribution >= 0.6 is 0 Å². The predicted molar refractivity (Wildman–Crippen MR) is 86.0 cm³/mol. The first-order chi connectivity index (χ1) is 11.6. The second kappa shape index (κ2) is 8.90. The second-order valence-corrected chi connectivity index (χ2v) is 5.40. The molecule has 0 unspecified atom stereocenters. The maximum Gasteiger partial charge on any atom is 0.410 e. The van der Waals surface area contributed by atoms with E-state index in [1.54, 1.807) is 11.8 Å². The van der Waals surface area contributed by atoms with Gasteiger partial charge in [0.05, 0.1) is 13.0 Å². The minimum Gasteiger partial charge on any atom is -0.466 e. The van der Waals surface area contributed by atoms with Gasteiger partial charge >= 0.3 is 12.1 Å². The molecule has 130 valence electrons. The van der Waals surface area contributed by atoms with Crippen molar-refractivity contribution in [1.82, 2.24) is 9.80 Å². The summed E-state index contributed by atoms with van der Waals surface area (Å²) in [6, 6.07) is 9.36. The van der Waals surface area contributed by atoms with Crippen LogP contribution in [0, 0.1) is 0 Å². The van der Waals surface area contributed by atoms with Gasteiger partial charge in [0, 0.05) is 19.6 Å². The lowest BCUT2D eigenvalue weighted by molar-refractivity contribution is -0.144. The molecule has 2 amide bonds. The van der Waals surface area contributed by atoms with Gasteiger partial charge in [-0.15, -0.1) is 0 Å². The van der Waals surface area contributed by atoms with Crippen LogP contribution in [0.25, 0.3) is 0 Å². The molecule has 1 aliphatic heterocycles. The Bertz CT molecular complexity index is 576. The lowest BCUT2D eigenvalue weighted by atomic mass is 10.2. The zero-order chi connectivity index (χ0) is 17.4. The minimum atomic E-state index is -0.503. The van der Waals surface area contributed by atoms with Crippen LogP contribution in [0.1, 0.15) is 18.9 Å². The molecular formula is C17H22N2O5. The van der Waals surface area contributed by atoms with Crippen molar-refractivity contribution in [3.8, 4) is 0 Å². The summed E-state index contributed by atoms with van der Waals surface area (Å²) in [5.74, 6) is -0.516. The molecule has 0 aliphatic carbocycles. The summed E-state index contributed by atoms with van der Waals surface area (Å²) in [5, 5.41) is 0. The Labute approximate surface area is 141 Å². The van der Waals surface area contributed by atoms with E-state index in [0.29, 0.717) is 26.2 Å². The van der Waals surface area contributed by atoms with Crippen molar-refractivity contribution in [2.45, 2.75) is 20.0 Å². The van der Waals surface area contributed by atoms with Gasteiger partial charge in [-0.3, -0.25) is 14.5 Å². The number of hydrogen-bond donors (Lipinski definition) is 0. The Morgan fingerprint density at radius 1 is 1.12 bits per heavy atom. The summed E-state index contributed by atoms with van der Waals surface area (Å²) in [5.41, 5.74) is 0.894. The summed E-state index contributed by atoms with van der Waals surface area (Å²) in [6.07, 6.45) is -0.338. The van der Waals surface area contributed by atoms with E-state index in [4.69, 9.17) is 9.47 Å². The van der Waals surface area contributed by atoms with E-state index < -0.39 is 6.09 Å². The van der Waals surface area contributed by atoms with Crippen molar-refractivity contribution in [3.05, 3.63) is 35.9 Å². The Balaban J connectivity index is 1.74. The van der Waals surface area contributed by atoms with Crippen LogP contribution in [0.2, 0.25) is 0 Å². The number of esters is 1. The first kappa shape index (κ1) is 17.8. The number of piperazine rings is 1. The van der Waals surface area contributed by atoms with Crippen LogP contribution in [-0.4, -0.2) is 60.6 Å². The fourth-order valence-corrected chi connectivity index (χ4v) is 2.37. The van der Waals surface area contributed by atoms with Crippen molar-refractivity contribution in [2.75, 3.05) is 32.8 Å². The van der Waals surface area contributed by atoms with Gasteiger partial charge < -0.3 is 14.4 Å². The molecule has 0 N–H and O–H groups in total. The monoisotopic (exact) mass is 334 g/mol. The fraction of sp³-hybridized carbons (Fsp3) is 0.471. The van der Waals surface area contributed by atoms with Gasteiger partial charge in [0.2, 0.25) is 5.91 Å². The maximum absolute atomic E-state index is 12.1. The minimum absolute atomic E-state index is 0.0313. The fourth-order valence-electron chi connectivity index (χ4n) is 2.37.